The largest absolute Gasteiger partial charge is 0.248 e. The van der Waals surface area contributed by atoms with Crippen LogP contribution in [-0.2, 0) is 15.1 Å². The fraction of sp³-hybridized carbons (Fsp3) is 0.500. The summed E-state index contributed by atoms with van der Waals surface area (Å²) in [6.45, 7) is 6.47. The summed E-state index contributed by atoms with van der Waals surface area (Å²) in [6, 6.07) is 8.37. The Kier molecular flexibility index (Phi) is 3.08. The van der Waals surface area contributed by atoms with Crippen molar-refractivity contribution in [3.63, 3.8) is 0 Å². The Balaban J connectivity index is 2.32. The van der Waals surface area contributed by atoms with Gasteiger partial charge < -0.3 is 0 Å². The average Bonchev–Trinajstić information content (AvgIpc) is 3.00. The van der Waals surface area contributed by atoms with Crippen LogP contribution in [0.15, 0.2) is 29.2 Å². The van der Waals surface area contributed by atoms with E-state index in [-0.39, 0.29) is 5.41 Å². The van der Waals surface area contributed by atoms with E-state index < -0.39 is 9.71 Å². The number of rotatable bonds is 3. The molecule has 3 heteroatoms. The molecule has 17 heavy (non-hydrogen) atoms. The zero-order chi connectivity index (χ0) is 12.7. The molecule has 1 unspecified atom stereocenters. The molecule has 0 radical (unpaired) electrons. The highest BCUT2D eigenvalue weighted by atomic mass is 32.2. The van der Waals surface area contributed by atoms with Crippen molar-refractivity contribution in [1.29, 1.82) is 0 Å². The first-order valence-corrected chi connectivity index (χ1v) is 7.77. The molecule has 1 atom stereocenters. The van der Waals surface area contributed by atoms with Crippen molar-refractivity contribution in [1.82, 2.24) is 4.72 Å². The maximum absolute atomic E-state index is 12.5. The summed E-state index contributed by atoms with van der Waals surface area (Å²) >= 11 is 0. The Hall–Kier alpha value is -0.800. The van der Waals surface area contributed by atoms with Crippen molar-refractivity contribution in [2.24, 2.45) is 0 Å². The summed E-state index contributed by atoms with van der Waals surface area (Å²) in [5, 5.41) is 0. The molecule has 1 fully saturated rings. The normalized spacial score (nSPS) is 19.9. The summed E-state index contributed by atoms with van der Waals surface area (Å²) in [4.78, 5) is 0.817. The number of nitrogens with one attached hydrogen (secondary N) is 1. The Morgan fingerprint density at radius 1 is 1.35 bits per heavy atom. The molecule has 2 rings (SSSR count). The molecule has 1 aromatic carbocycles. The second kappa shape index (κ2) is 4.14. The van der Waals surface area contributed by atoms with Crippen molar-refractivity contribution in [2.75, 3.05) is 0 Å². The average molecular weight is 251 g/mol. The van der Waals surface area contributed by atoms with E-state index in [2.05, 4.69) is 37.4 Å². The molecule has 1 aromatic rings. The smallest absolute Gasteiger partial charge is 0.0535 e. The van der Waals surface area contributed by atoms with Crippen LogP contribution in [0.25, 0.3) is 0 Å². The highest BCUT2D eigenvalue weighted by Gasteiger charge is 2.25. The predicted octanol–water partition coefficient (Wildman–Crippen LogP) is 2.73. The van der Waals surface area contributed by atoms with Gasteiger partial charge in [0.25, 0.3) is 0 Å². The molecular formula is C14H21NOS. The monoisotopic (exact) mass is 251 g/mol. The van der Waals surface area contributed by atoms with Crippen molar-refractivity contribution in [3.05, 3.63) is 29.8 Å². The molecule has 1 saturated carbocycles. The summed E-state index contributed by atoms with van der Waals surface area (Å²) in [5.41, 5.74) is 1.27. The first-order valence-electron chi connectivity index (χ1n) is 6.04. The SMILES string of the molecule is C=S(=O)(NC1CC1)c1cccc(C(C)(C)C)c1. The van der Waals surface area contributed by atoms with Gasteiger partial charge in [-0.3, -0.25) is 0 Å². The first kappa shape index (κ1) is 12.7. The van der Waals surface area contributed by atoms with Gasteiger partial charge in [-0.25, -0.2) is 8.93 Å². The Labute approximate surface area is 105 Å². The number of benzene rings is 1. The minimum atomic E-state index is -2.33. The van der Waals surface area contributed by atoms with Crippen LogP contribution in [0.1, 0.15) is 39.2 Å². The summed E-state index contributed by atoms with van der Waals surface area (Å²) in [6.07, 6.45) is 2.23. The first-order chi connectivity index (χ1) is 7.79. The van der Waals surface area contributed by atoms with Crippen LogP contribution >= 0.6 is 0 Å². The quantitative estimate of drug-likeness (QED) is 0.822. The van der Waals surface area contributed by atoms with Gasteiger partial charge in [-0.2, -0.15) is 0 Å². The predicted molar refractivity (Wildman–Crippen MR) is 74.8 cm³/mol. The van der Waals surface area contributed by atoms with Crippen LogP contribution in [-0.4, -0.2) is 16.1 Å². The number of hydrogen-bond acceptors (Lipinski definition) is 1. The van der Waals surface area contributed by atoms with Crippen molar-refractivity contribution < 1.29 is 4.21 Å². The van der Waals surface area contributed by atoms with Gasteiger partial charge in [-0.05, 0) is 41.8 Å². The third kappa shape index (κ3) is 3.11. The van der Waals surface area contributed by atoms with Gasteiger partial charge in [0.15, 0.2) is 0 Å². The van der Waals surface area contributed by atoms with Gasteiger partial charge >= 0.3 is 0 Å². The minimum Gasteiger partial charge on any atom is -0.248 e. The molecular weight excluding hydrogens is 230 g/mol. The third-order valence-electron chi connectivity index (χ3n) is 3.02. The third-order valence-corrected chi connectivity index (χ3v) is 4.74. The summed E-state index contributed by atoms with van der Waals surface area (Å²) in [5.74, 6) is 3.86. The molecule has 0 spiro atoms. The maximum atomic E-state index is 12.5. The molecule has 1 aliphatic rings. The van der Waals surface area contributed by atoms with Gasteiger partial charge in [-0.1, -0.05) is 32.9 Å². The van der Waals surface area contributed by atoms with E-state index >= 15 is 0 Å². The van der Waals surface area contributed by atoms with Gasteiger partial charge in [0.2, 0.25) is 0 Å². The second-order valence-electron chi connectivity index (χ2n) is 5.85. The zero-order valence-corrected chi connectivity index (χ0v) is 11.6. The van der Waals surface area contributed by atoms with E-state index in [1.54, 1.807) is 0 Å². The molecule has 0 aromatic heterocycles. The Bertz CT molecular complexity index is 507. The Morgan fingerprint density at radius 2 is 2.00 bits per heavy atom. The van der Waals surface area contributed by atoms with E-state index in [1.807, 2.05) is 18.2 Å². The molecule has 1 aliphatic carbocycles. The van der Waals surface area contributed by atoms with Crippen LogP contribution < -0.4 is 4.72 Å². The zero-order valence-electron chi connectivity index (χ0n) is 10.8. The topological polar surface area (TPSA) is 29.1 Å². The van der Waals surface area contributed by atoms with E-state index in [0.717, 1.165) is 17.7 Å². The van der Waals surface area contributed by atoms with E-state index in [9.17, 15) is 4.21 Å². The minimum absolute atomic E-state index is 0.0745. The van der Waals surface area contributed by atoms with Crippen LogP contribution in [0, 0.1) is 0 Å². The fourth-order valence-electron chi connectivity index (χ4n) is 1.71. The Morgan fingerprint density at radius 3 is 2.53 bits per heavy atom. The number of hydrogen-bond donors (Lipinski definition) is 1. The molecule has 0 heterocycles. The second-order valence-corrected chi connectivity index (χ2v) is 7.90. The molecule has 0 bridgehead atoms. The van der Waals surface area contributed by atoms with Gasteiger partial charge in [0, 0.05) is 10.9 Å². The lowest BCUT2D eigenvalue weighted by Gasteiger charge is -2.20. The lowest BCUT2D eigenvalue weighted by atomic mass is 9.87. The van der Waals surface area contributed by atoms with Gasteiger partial charge in [0.05, 0.1) is 9.71 Å². The van der Waals surface area contributed by atoms with E-state index in [1.165, 1.54) is 5.56 Å². The molecule has 94 valence electrons. The van der Waals surface area contributed by atoms with Crippen LogP contribution in [0.2, 0.25) is 0 Å². The molecule has 2 nitrogen and oxygen atoms in total. The van der Waals surface area contributed by atoms with Crippen molar-refractivity contribution >= 4 is 15.6 Å². The summed E-state index contributed by atoms with van der Waals surface area (Å²) in [7, 11) is -2.33. The van der Waals surface area contributed by atoms with Gasteiger partial charge in [0.1, 0.15) is 0 Å². The fourth-order valence-corrected chi connectivity index (χ4v) is 3.23. The lowest BCUT2D eigenvalue weighted by Crippen LogP contribution is -2.26. The standard InChI is InChI=1S/C14H21NOS/c1-14(2,3)11-6-5-7-13(10-11)17(4,16)15-12-8-9-12/h5-7,10,12H,4,8-9H2,1-3H3,(H,15,16). The lowest BCUT2D eigenvalue weighted by molar-refractivity contribution is 0.588. The highest BCUT2D eigenvalue weighted by molar-refractivity contribution is 7.98. The van der Waals surface area contributed by atoms with Crippen molar-refractivity contribution in [2.45, 2.75) is 50.0 Å². The molecule has 1 N–H and O–H groups in total. The van der Waals surface area contributed by atoms with E-state index in [0.29, 0.717) is 6.04 Å². The van der Waals surface area contributed by atoms with Gasteiger partial charge in [-0.15, -0.1) is 0 Å². The van der Waals surface area contributed by atoms with E-state index in [4.69, 9.17) is 0 Å². The molecule has 0 amide bonds. The summed E-state index contributed by atoms with van der Waals surface area (Å²) < 4.78 is 15.6. The van der Waals surface area contributed by atoms with Crippen LogP contribution in [0.3, 0.4) is 0 Å². The van der Waals surface area contributed by atoms with Crippen LogP contribution in [0.5, 0.6) is 0 Å². The van der Waals surface area contributed by atoms with Crippen molar-refractivity contribution in [3.8, 4) is 0 Å². The molecule has 0 aliphatic heterocycles. The highest BCUT2D eigenvalue weighted by Crippen LogP contribution is 2.26. The van der Waals surface area contributed by atoms with Crippen LogP contribution in [0.4, 0.5) is 0 Å². The molecule has 0 saturated heterocycles. The maximum Gasteiger partial charge on any atom is 0.0535 e.